The fraction of sp³-hybridized carbons (Fsp3) is 0.160. The van der Waals surface area contributed by atoms with Crippen molar-refractivity contribution in [2.45, 2.75) is 25.6 Å². The van der Waals surface area contributed by atoms with Crippen LogP contribution in [0.15, 0.2) is 65.9 Å². The molecule has 1 N–H and O–H groups in total. The number of aliphatic imine (C=N–C) groups is 1. The monoisotopic (exact) mass is 433 g/mol. The maximum atomic E-state index is 12.9. The normalized spacial score (nSPS) is 14.8. The molecule has 1 unspecified atom stereocenters. The van der Waals surface area contributed by atoms with Crippen LogP contribution in [0.4, 0.5) is 18.9 Å². The number of fused-ring (bicyclic) bond motifs is 1. The van der Waals surface area contributed by atoms with Crippen molar-refractivity contribution in [2.75, 3.05) is 5.32 Å². The number of carbonyl (C=O) groups is 1. The Hall–Kier alpha value is -3.92. The second-order valence-corrected chi connectivity index (χ2v) is 7.45. The number of nitrogens with zero attached hydrogens (tertiary/aromatic N) is 2. The summed E-state index contributed by atoms with van der Waals surface area (Å²) in [7, 11) is 0. The number of pyridine rings is 1. The third kappa shape index (κ3) is 4.86. The highest BCUT2D eigenvalue weighted by Crippen LogP contribution is 2.29. The number of rotatable bonds is 2. The number of carbonyl (C=O) groups excluding carboxylic acids is 1. The summed E-state index contributed by atoms with van der Waals surface area (Å²) in [5.74, 6) is 5.52. The van der Waals surface area contributed by atoms with Crippen molar-refractivity contribution < 1.29 is 18.0 Å². The predicted octanol–water partition coefficient (Wildman–Crippen LogP) is 5.12. The summed E-state index contributed by atoms with van der Waals surface area (Å²) in [6.07, 6.45) is 1.63. The molecule has 1 aliphatic rings. The van der Waals surface area contributed by atoms with Gasteiger partial charge in [0.1, 0.15) is 0 Å². The molecule has 2 aromatic carbocycles. The number of hydrogen-bond acceptors (Lipinski definition) is 3. The SMILES string of the molecule is CC1Cc2cncc(C#Cc3cccc(NC(=O)c4cccc(C(F)(F)F)c4)c3)c2C=N1. The van der Waals surface area contributed by atoms with Crippen LogP contribution in [-0.2, 0) is 12.6 Å². The van der Waals surface area contributed by atoms with Gasteiger partial charge in [-0.05, 0) is 55.3 Å². The van der Waals surface area contributed by atoms with Gasteiger partial charge in [-0.15, -0.1) is 0 Å². The number of aromatic nitrogens is 1. The van der Waals surface area contributed by atoms with E-state index in [-0.39, 0.29) is 11.6 Å². The van der Waals surface area contributed by atoms with Crippen molar-refractivity contribution in [3.05, 3.63) is 94.3 Å². The van der Waals surface area contributed by atoms with Gasteiger partial charge in [0.15, 0.2) is 0 Å². The average Bonchev–Trinajstić information content (AvgIpc) is 2.77. The minimum atomic E-state index is -4.51. The molecule has 2 heterocycles. The number of anilines is 1. The highest BCUT2D eigenvalue weighted by molar-refractivity contribution is 6.04. The molecule has 1 aromatic heterocycles. The number of halogens is 3. The second kappa shape index (κ2) is 8.67. The molecule has 7 heteroatoms. The molecule has 3 aromatic rings. The zero-order chi connectivity index (χ0) is 22.7. The minimum absolute atomic E-state index is 0.0770. The Bertz CT molecular complexity index is 1270. The quantitative estimate of drug-likeness (QED) is 0.571. The molecule has 4 nitrogen and oxygen atoms in total. The molecule has 4 rings (SSSR count). The van der Waals surface area contributed by atoms with Crippen LogP contribution in [0.25, 0.3) is 0 Å². The molecule has 0 saturated carbocycles. The lowest BCUT2D eigenvalue weighted by molar-refractivity contribution is -0.137. The summed E-state index contributed by atoms with van der Waals surface area (Å²) in [4.78, 5) is 21.1. The van der Waals surface area contributed by atoms with Crippen molar-refractivity contribution in [3.8, 4) is 11.8 Å². The molecule has 0 aliphatic carbocycles. The largest absolute Gasteiger partial charge is 0.416 e. The number of amides is 1. The van der Waals surface area contributed by atoms with Crippen LogP contribution in [-0.4, -0.2) is 23.1 Å². The summed E-state index contributed by atoms with van der Waals surface area (Å²) >= 11 is 0. The first-order valence-corrected chi connectivity index (χ1v) is 9.90. The summed E-state index contributed by atoms with van der Waals surface area (Å²) in [6.45, 7) is 2.04. The number of benzene rings is 2. The molecule has 1 amide bonds. The molecule has 160 valence electrons. The van der Waals surface area contributed by atoms with Gasteiger partial charge >= 0.3 is 6.18 Å². The molecular formula is C25H18F3N3O. The molecule has 0 radical (unpaired) electrons. The zero-order valence-corrected chi connectivity index (χ0v) is 17.1. The first kappa shape index (κ1) is 21.3. The van der Waals surface area contributed by atoms with Crippen LogP contribution in [0, 0.1) is 11.8 Å². The predicted molar refractivity (Wildman–Crippen MR) is 117 cm³/mol. The minimum Gasteiger partial charge on any atom is -0.322 e. The maximum Gasteiger partial charge on any atom is 0.416 e. The molecule has 1 aliphatic heterocycles. The van der Waals surface area contributed by atoms with E-state index in [1.54, 1.807) is 30.5 Å². The topological polar surface area (TPSA) is 54.4 Å². The number of nitrogens with one attached hydrogen (secondary N) is 1. The third-order valence-corrected chi connectivity index (χ3v) is 4.96. The van der Waals surface area contributed by atoms with Crippen molar-refractivity contribution in [1.82, 2.24) is 4.98 Å². The summed E-state index contributed by atoms with van der Waals surface area (Å²) in [6, 6.07) is 11.3. The van der Waals surface area contributed by atoms with E-state index < -0.39 is 17.6 Å². The van der Waals surface area contributed by atoms with Crippen LogP contribution in [0.2, 0.25) is 0 Å². The lowest BCUT2D eigenvalue weighted by Crippen LogP contribution is -2.14. The Labute approximate surface area is 183 Å². The van der Waals surface area contributed by atoms with Crippen molar-refractivity contribution in [1.29, 1.82) is 0 Å². The van der Waals surface area contributed by atoms with Gasteiger partial charge in [-0.2, -0.15) is 13.2 Å². The standard InChI is InChI=1S/C25H18F3N3O/c1-16-10-20-14-29-13-19(23(20)15-30-16)9-8-17-4-2-7-22(11-17)31-24(32)18-5-3-6-21(12-18)25(26,27)28/h2-7,11-16H,10H2,1H3,(H,31,32). The summed E-state index contributed by atoms with van der Waals surface area (Å²) < 4.78 is 38.7. The Morgan fingerprint density at radius 2 is 1.91 bits per heavy atom. The van der Waals surface area contributed by atoms with Gasteiger partial charge in [-0.25, -0.2) is 0 Å². The van der Waals surface area contributed by atoms with Gasteiger partial charge in [0.2, 0.25) is 0 Å². The maximum absolute atomic E-state index is 12.9. The van der Waals surface area contributed by atoms with Crippen LogP contribution in [0.5, 0.6) is 0 Å². The van der Waals surface area contributed by atoms with Crippen molar-refractivity contribution in [3.63, 3.8) is 0 Å². The Balaban J connectivity index is 1.54. The van der Waals surface area contributed by atoms with Crippen LogP contribution in [0.3, 0.4) is 0 Å². The van der Waals surface area contributed by atoms with Gasteiger partial charge in [-0.1, -0.05) is 24.0 Å². The van der Waals surface area contributed by atoms with E-state index >= 15 is 0 Å². The van der Waals surface area contributed by atoms with Crippen molar-refractivity contribution in [2.24, 2.45) is 4.99 Å². The average molecular weight is 433 g/mol. The molecular weight excluding hydrogens is 415 g/mol. The van der Waals surface area contributed by atoms with Crippen LogP contribution < -0.4 is 5.32 Å². The highest BCUT2D eigenvalue weighted by Gasteiger charge is 2.30. The molecule has 0 bridgehead atoms. The smallest absolute Gasteiger partial charge is 0.322 e. The lowest BCUT2D eigenvalue weighted by Gasteiger charge is -2.15. The van der Waals surface area contributed by atoms with Crippen LogP contribution >= 0.6 is 0 Å². The Kier molecular flexibility index (Phi) is 5.78. The zero-order valence-electron chi connectivity index (χ0n) is 17.1. The van der Waals surface area contributed by atoms with Gasteiger partial charge < -0.3 is 5.32 Å². The molecule has 1 atom stereocenters. The van der Waals surface area contributed by atoms with Crippen molar-refractivity contribution >= 4 is 17.8 Å². The first-order chi connectivity index (χ1) is 15.3. The fourth-order valence-electron chi connectivity index (χ4n) is 3.36. The molecule has 32 heavy (non-hydrogen) atoms. The molecule has 0 fully saturated rings. The van der Waals surface area contributed by atoms with Gasteiger partial charge in [0.05, 0.1) is 17.2 Å². The van der Waals surface area contributed by atoms with E-state index in [9.17, 15) is 18.0 Å². The van der Waals surface area contributed by atoms with E-state index in [2.05, 4.69) is 27.1 Å². The van der Waals surface area contributed by atoms with E-state index in [4.69, 9.17) is 0 Å². The number of alkyl halides is 3. The highest BCUT2D eigenvalue weighted by atomic mass is 19.4. The van der Waals surface area contributed by atoms with Gasteiger partial charge in [0.25, 0.3) is 5.91 Å². The molecule has 0 saturated heterocycles. The fourth-order valence-corrected chi connectivity index (χ4v) is 3.36. The number of hydrogen-bond donors (Lipinski definition) is 1. The first-order valence-electron chi connectivity index (χ1n) is 9.90. The molecule has 0 spiro atoms. The van der Waals surface area contributed by atoms with Crippen LogP contribution in [0.1, 0.15) is 45.1 Å². The summed E-state index contributed by atoms with van der Waals surface area (Å²) in [5, 5.41) is 2.62. The van der Waals surface area contributed by atoms with E-state index in [1.165, 1.54) is 12.1 Å². The third-order valence-electron chi connectivity index (χ3n) is 4.96. The van der Waals surface area contributed by atoms with Gasteiger partial charge in [0, 0.05) is 41.0 Å². The lowest BCUT2D eigenvalue weighted by atomic mass is 9.97. The van der Waals surface area contributed by atoms with E-state index in [1.807, 2.05) is 19.3 Å². The van der Waals surface area contributed by atoms with Gasteiger partial charge in [-0.3, -0.25) is 14.8 Å². The second-order valence-electron chi connectivity index (χ2n) is 7.45. The Morgan fingerprint density at radius 1 is 1.09 bits per heavy atom. The Morgan fingerprint density at radius 3 is 2.72 bits per heavy atom. The van der Waals surface area contributed by atoms with E-state index in [0.717, 1.165) is 35.2 Å². The summed E-state index contributed by atoms with van der Waals surface area (Å²) in [5.41, 5.74) is 2.94. The van der Waals surface area contributed by atoms with E-state index in [0.29, 0.717) is 11.3 Å².